The molecule has 0 unspecified atom stereocenters. The molecule has 1 aliphatic rings. The standard InChI is InChI=1S/C17H22BrN3/c1-12(2)11-15-13-7-5-6-10-19-17(13)21(20-15)16-9-4-3-8-14(16)18/h3-4,8-9,12,19H,5-7,10-11H2,1-2H3. The average Bonchev–Trinajstić information content (AvgIpc) is 2.63. The van der Waals surface area contributed by atoms with Crippen LogP contribution in [-0.2, 0) is 12.8 Å². The fraction of sp³-hybridized carbons (Fsp3) is 0.471. The summed E-state index contributed by atoms with van der Waals surface area (Å²) in [5, 5.41) is 8.52. The summed E-state index contributed by atoms with van der Waals surface area (Å²) in [7, 11) is 0. The van der Waals surface area contributed by atoms with Crippen LogP contribution in [0.15, 0.2) is 28.7 Å². The Morgan fingerprint density at radius 1 is 1.29 bits per heavy atom. The molecule has 3 rings (SSSR count). The molecular weight excluding hydrogens is 326 g/mol. The SMILES string of the molecule is CC(C)Cc1nn(-c2ccccc2Br)c2c1CCCCN2. The third kappa shape index (κ3) is 3.00. The fourth-order valence-corrected chi connectivity index (χ4v) is 3.37. The third-order valence-corrected chi connectivity index (χ3v) is 4.57. The summed E-state index contributed by atoms with van der Waals surface area (Å²) >= 11 is 3.65. The first kappa shape index (κ1) is 14.6. The summed E-state index contributed by atoms with van der Waals surface area (Å²) < 4.78 is 3.17. The van der Waals surface area contributed by atoms with Crippen LogP contribution >= 0.6 is 15.9 Å². The predicted molar refractivity (Wildman–Crippen MR) is 91.2 cm³/mol. The molecule has 2 aromatic rings. The monoisotopic (exact) mass is 347 g/mol. The van der Waals surface area contributed by atoms with Gasteiger partial charge in [0.2, 0.25) is 0 Å². The van der Waals surface area contributed by atoms with Gasteiger partial charge in [-0.05, 0) is 59.7 Å². The molecule has 0 aliphatic carbocycles. The van der Waals surface area contributed by atoms with Crippen molar-refractivity contribution < 1.29 is 0 Å². The zero-order chi connectivity index (χ0) is 14.8. The number of hydrogen-bond donors (Lipinski definition) is 1. The average molecular weight is 348 g/mol. The number of rotatable bonds is 3. The molecule has 0 saturated heterocycles. The zero-order valence-corrected chi connectivity index (χ0v) is 14.3. The second-order valence-electron chi connectivity index (χ2n) is 6.12. The van der Waals surface area contributed by atoms with Crippen molar-refractivity contribution in [3.63, 3.8) is 0 Å². The van der Waals surface area contributed by atoms with Gasteiger partial charge in [0.05, 0.1) is 11.4 Å². The molecule has 0 atom stereocenters. The molecule has 0 spiro atoms. The number of hydrogen-bond acceptors (Lipinski definition) is 2. The van der Waals surface area contributed by atoms with E-state index in [-0.39, 0.29) is 0 Å². The van der Waals surface area contributed by atoms with Crippen molar-refractivity contribution in [2.45, 2.75) is 39.5 Å². The second kappa shape index (κ2) is 6.22. The van der Waals surface area contributed by atoms with Crippen molar-refractivity contribution in [2.24, 2.45) is 5.92 Å². The molecule has 0 bridgehead atoms. The normalized spacial score (nSPS) is 14.7. The molecule has 0 radical (unpaired) electrons. The van der Waals surface area contributed by atoms with Crippen molar-refractivity contribution in [1.82, 2.24) is 9.78 Å². The van der Waals surface area contributed by atoms with Gasteiger partial charge < -0.3 is 5.32 Å². The van der Waals surface area contributed by atoms with Gasteiger partial charge in [-0.15, -0.1) is 0 Å². The van der Waals surface area contributed by atoms with Gasteiger partial charge in [-0.25, -0.2) is 4.68 Å². The number of fused-ring (bicyclic) bond motifs is 1. The van der Waals surface area contributed by atoms with E-state index in [0.717, 1.165) is 29.5 Å². The van der Waals surface area contributed by atoms with Crippen LogP contribution in [0.5, 0.6) is 0 Å². The Morgan fingerprint density at radius 2 is 2.10 bits per heavy atom. The van der Waals surface area contributed by atoms with Crippen LogP contribution in [0.25, 0.3) is 5.69 Å². The highest BCUT2D eigenvalue weighted by molar-refractivity contribution is 9.10. The lowest BCUT2D eigenvalue weighted by atomic mass is 10.0. The van der Waals surface area contributed by atoms with E-state index in [9.17, 15) is 0 Å². The number of nitrogens with one attached hydrogen (secondary N) is 1. The first-order chi connectivity index (χ1) is 10.2. The Hall–Kier alpha value is -1.29. The molecule has 1 aliphatic heterocycles. The molecule has 0 fully saturated rings. The topological polar surface area (TPSA) is 29.9 Å². The van der Waals surface area contributed by atoms with Gasteiger partial charge in [-0.3, -0.25) is 0 Å². The molecule has 2 heterocycles. The van der Waals surface area contributed by atoms with Gasteiger partial charge >= 0.3 is 0 Å². The number of aromatic nitrogens is 2. The maximum Gasteiger partial charge on any atom is 0.133 e. The van der Waals surface area contributed by atoms with Crippen LogP contribution in [0, 0.1) is 5.92 Å². The molecule has 1 aromatic carbocycles. The predicted octanol–water partition coefficient (Wildman–Crippen LogP) is 4.58. The zero-order valence-electron chi connectivity index (χ0n) is 12.7. The van der Waals surface area contributed by atoms with Gasteiger partial charge in [0, 0.05) is 16.6 Å². The molecule has 4 heteroatoms. The van der Waals surface area contributed by atoms with E-state index in [1.807, 2.05) is 6.07 Å². The smallest absolute Gasteiger partial charge is 0.133 e. The molecule has 112 valence electrons. The maximum absolute atomic E-state index is 4.93. The third-order valence-electron chi connectivity index (χ3n) is 3.89. The number of halogens is 1. The van der Waals surface area contributed by atoms with E-state index in [1.165, 1.54) is 29.9 Å². The summed E-state index contributed by atoms with van der Waals surface area (Å²) in [5.41, 5.74) is 3.78. The van der Waals surface area contributed by atoms with Gasteiger partial charge in [-0.2, -0.15) is 5.10 Å². The Kier molecular flexibility index (Phi) is 4.34. The highest BCUT2D eigenvalue weighted by Gasteiger charge is 2.21. The lowest BCUT2D eigenvalue weighted by molar-refractivity contribution is 0.621. The molecule has 1 aromatic heterocycles. The Balaban J connectivity index is 2.12. The summed E-state index contributed by atoms with van der Waals surface area (Å²) in [6.45, 7) is 5.55. The van der Waals surface area contributed by atoms with Crippen LogP contribution in [0.2, 0.25) is 0 Å². The largest absolute Gasteiger partial charge is 0.370 e. The Bertz CT molecular complexity index is 631. The highest BCUT2D eigenvalue weighted by Crippen LogP contribution is 2.31. The van der Waals surface area contributed by atoms with Crippen molar-refractivity contribution >= 4 is 21.7 Å². The minimum Gasteiger partial charge on any atom is -0.370 e. The van der Waals surface area contributed by atoms with Crippen LogP contribution < -0.4 is 5.32 Å². The van der Waals surface area contributed by atoms with Crippen molar-refractivity contribution in [2.75, 3.05) is 11.9 Å². The lowest BCUT2D eigenvalue weighted by Crippen LogP contribution is -2.07. The first-order valence-corrected chi connectivity index (χ1v) is 8.55. The minimum absolute atomic E-state index is 0.625. The molecule has 3 nitrogen and oxygen atoms in total. The molecule has 21 heavy (non-hydrogen) atoms. The summed E-state index contributed by atoms with van der Waals surface area (Å²) in [4.78, 5) is 0. The van der Waals surface area contributed by atoms with E-state index in [0.29, 0.717) is 5.92 Å². The Labute approximate surface area is 134 Å². The summed E-state index contributed by atoms with van der Waals surface area (Å²) in [6.07, 6.45) is 4.65. The van der Waals surface area contributed by atoms with E-state index in [2.05, 4.69) is 58.0 Å². The minimum atomic E-state index is 0.625. The molecule has 0 saturated carbocycles. The number of benzene rings is 1. The van der Waals surface area contributed by atoms with Gasteiger partial charge in [0.1, 0.15) is 5.82 Å². The molecule has 0 amide bonds. The quantitative estimate of drug-likeness (QED) is 0.880. The summed E-state index contributed by atoms with van der Waals surface area (Å²) in [6, 6.07) is 8.29. The second-order valence-corrected chi connectivity index (χ2v) is 6.97. The van der Waals surface area contributed by atoms with Crippen molar-refractivity contribution in [1.29, 1.82) is 0 Å². The number of anilines is 1. The van der Waals surface area contributed by atoms with E-state index >= 15 is 0 Å². The van der Waals surface area contributed by atoms with Gasteiger partial charge in [0.15, 0.2) is 0 Å². The van der Waals surface area contributed by atoms with E-state index in [4.69, 9.17) is 5.10 Å². The van der Waals surface area contributed by atoms with Crippen molar-refractivity contribution in [3.8, 4) is 5.69 Å². The first-order valence-electron chi connectivity index (χ1n) is 7.76. The summed E-state index contributed by atoms with van der Waals surface area (Å²) in [5.74, 6) is 1.81. The van der Waals surface area contributed by atoms with Crippen LogP contribution in [-0.4, -0.2) is 16.3 Å². The lowest BCUT2D eigenvalue weighted by Gasteiger charge is -2.10. The fourth-order valence-electron chi connectivity index (χ4n) is 2.92. The highest BCUT2D eigenvalue weighted by atomic mass is 79.9. The number of nitrogens with zero attached hydrogens (tertiary/aromatic N) is 2. The number of para-hydroxylation sites is 1. The van der Waals surface area contributed by atoms with Crippen LogP contribution in [0.4, 0.5) is 5.82 Å². The molecule has 1 N–H and O–H groups in total. The van der Waals surface area contributed by atoms with Crippen LogP contribution in [0.3, 0.4) is 0 Å². The molecular formula is C17H22BrN3. The van der Waals surface area contributed by atoms with E-state index in [1.54, 1.807) is 0 Å². The van der Waals surface area contributed by atoms with Crippen LogP contribution in [0.1, 0.15) is 37.9 Å². The maximum atomic E-state index is 4.93. The van der Waals surface area contributed by atoms with Gasteiger partial charge in [0.25, 0.3) is 0 Å². The van der Waals surface area contributed by atoms with Gasteiger partial charge in [-0.1, -0.05) is 26.0 Å². The Morgan fingerprint density at radius 3 is 2.86 bits per heavy atom. The van der Waals surface area contributed by atoms with E-state index < -0.39 is 0 Å². The van der Waals surface area contributed by atoms with Crippen molar-refractivity contribution in [3.05, 3.63) is 40.0 Å².